The average molecular weight is 249 g/mol. The van der Waals surface area contributed by atoms with Crippen LogP contribution in [0.1, 0.15) is 19.4 Å². The monoisotopic (exact) mass is 249 g/mol. The van der Waals surface area contributed by atoms with Gasteiger partial charge in [-0.2, -0.15) is 0 Å². The summed E-state index contributed by atoms with van der Waals surface area (Å²) in [4.78, 5) is 13.5. The highest BCUT2D eigenvalue weighted by atomic mass is 16.1. The van der Waals surface area contributed by atoms with Crippen LogP contribution in [0.25, 0.3) is 0 Å². The molecule has 1 unspecified atom stereocenters. The second kappa shape index (κ2) is 5.87. The van der Waals surface area contributed by atoms with E-state index < -0.39 is 5.54 Å². The third-order valence-electron chi connectivity index (χ3n) is 3.43. The lowest BCUT2D eigenvalue weighted by molar-refractivity contribution is -0.123. The van der Waals surface area contributed by atoms with Crippen LogP contribution in [-0.2, 0) is 11.2 Å². The van der Waals surface area contributed by atoms with E-state index in [0.717, 1.165) is 12.1 Å². The Kier molecular flexibility index (Phi) is 4.73. The molecular formula is C14H23N3O. The van der Waals surface area contributed by atoms with Crippen LogP contribution in [0.3, 0.4) is 0 Å². The summed E-state index contributed by atoms with van der Waals surface area (Å²) in [5, 5.41) is 2.98. The van der Waals surface area contributed by atoms with Gasteiger partial charge in [-0.25, -0.2) is 0 Å². The van der Waals surface area contributed by atoms with E-state index in [1.165, 1.54) is 5.56 Å². The van der Waals surface area contributed by atoms with Crippen molar-refractivity contribution in [2.45, 2.75) is 25.8 Å². The third-order valence-corrected chi connectivity index (χ3v) is 3.43. The number of nitrogens with two attached hydrogens (primary N) is 1. The topological polar surface area (TPSA) is 58.4 Å². The Balaban J connectivity index is 2.80. The fourth-order valence-electron chi connectivity index (χ4n) is 1.83. The largest absolute Gasteiger partial charge is 0.372 e. The normalized spacial score (nSPS) is 14.0. The van der Waals surface area contributed by atoms with E-state index in [4.69, 9.17) is 5.73 Å². The van der Waals surface area contributed by atoms with Gasteiger partial charge in [0.15, 0.2) is 0 Å². The highest BCUT2D eigenvalue weighted by molar-refractivity contribution is 5.85. The SMILES string of the molecule is CCc1ccc(N(C)CC(C)(NC)C(N)=O)cc1. The van der Waals surface area contributed by atoms with Crippen molar-refractivity contribution in [3.8, 4) is 0 Å². The summed E-state index contributed by atoms with van der Waals surface area (Å²) in [6.45, 7) is 4.47. The van der Waals surface area contributed by atoms with Crippen molar-refractivity contribution in [2.24, 2.45) is 5.73 Å². The molecule has 0 fully saturated rings. The predicted octanol–water partition coefficient (Wildman–Crippen LogP) is 1.15. The van der Waals surface area contributed by atoms with Crippen LogP contribution in [0.4, 0.5) is 5.69 Å². The highest BCUT2D eigenvalue weighted by Gasteiger charge is 2.30. The molecule has 18 heavy (non-hydrogen) atoms. The fraction of sp³-hybridized carbons (Fsp3) is 0.500. The van der Waals surface area contributed by atoms with Gasteiger partial charge in [-0.3, -0.25) is 4.79 Å². The molecule has 0 aliphatic carbocycles. The molecule has 4 nitrogen and oxygen atoms in total. The van der Waals surface area contributed by atoms with Crippen molar-refractivity contribution >= 4 is 11.6 Å². The number of likely N-dealkylation sites (N-methyl/N-ethyl adjacent to an activating group) is 2. The zero-order valence-corrected chi connectivity index (χ0v) is 11.7. The number of rotatable bonds is 6. The van der Waals surface area contributed by atoms with E-state index in [9.17, 15) is 4.79 Å². The minimum absolute atomic E-state index is 0.345. The molecule has 0 aromatic heterocycles. The van der Waals surface area contributed by atoms with Gasteiger partial charge in [-0.05, 0) is 38.1 Å². The molecule has 1 rings (SSSR count). The lowest BCUT2D eigenvalue weighted by Crippen LogP contribution is -2.58. The zero-order valence-electron chi connectivity index (χ0n) is 11.7. The van der Waals surface area contributed by atoms with Crippen LogP contribution < -0.4 is 16.0 Å². The van der Waals surface area contributed by atoms with E-state index in [1.54, 1.807) is 7.05 Å². The van der Waals surface area contributed by atoms with Crippen LogP contribution in [0.2, 0.25) is 0 Å². The number of primary amides is 1. The van der Waals surface area contributed by atoms with Crippen LogP contribution >= 0.6 is 0 Å². The maximum Gasteiger partial charge on any atom is 0.239 e. The van der Waals surface area contributed by atoms with Crippen LogP contribution in [0.5, 0.6) is 0 Å². The molecule has 3 N–H and O–H groups in total. The summed E-state index contributed by atoms with van der Waals surface area (Å²) in [6, 6.07) is 8.34. The van der Waals surface area contributed by atoms with Gasteiger partial charge in [0.05, 0.1) is 0 Å². The smallest absolute Gasteiger partial charge is 0.239 e. The van der Waals surface area contributed by atoms with E-state index in [0.29, 0.717) is 6.54 Å². The summed E-state index contributed by atoms with van der Waals surface area (Å²) in [6.07, 6.45) is 1.03. The number of aryl methyl sites for hydroxylation is 1. The molecule has 0 spiro atoms. The van der Waals surface area contributed by atoms with Gasteiger partial charge >= 0.3 is 0 Å². The van der Waals surface area contributed by atoms with Gasteiger partial charge in [0.1, 0.15) is 5.54 Å². The van der Waals surface area contributed by atoms with Crippen LogP contribution in [0, 0.1) is 0 Å². The van der Waals surface area contributed by atoms with Gasteiger partial charge in [0.2, 0.25) is 5.91 Å². The Bertz CT molecular complexity index is 402. The van der Waals surface area contributed by atoms with Crippen LogP contribution in [-0.4, -0.2) is 32.1 Å². The van der Waals surface area contributed by atoms with Gasteiger partial charge in [-0.15, -0.1) is 0 Å². The standard InChI is InChI=1S/C14H23N3O/c1-5-11-6-8-12(9-7-11)17(4)10-14(2,16-3)13(15)18/h6-9,16H,5,10H2,1-4H3,(H2,15,18). The van der Waals surface area contributed by atoms with Gasteiger partial charge in [0, 0.05) is 19.3 Å². The van der Waals surface area contributed by atoms with E-state index in [2.05, 4.69) is 36.5 Å². The lowest BCUT2D eigenvalue weighted by Gasteiger charge is -2.32. The first kappa shape index (κ1) is 14.5. The molecule has 0 heterocycles. The highest BCUT2D eigenvalue weighted by Crippen LogP contribution is 2.16. The molecule has 0 aliphatic rings. The number of hydrogen-bond donors (Lipinski definition) is 2. The first-order valence-electron chi connectivity index (χ1n) is 6.22. The Morgan fingerprint density at radius 1 is 1.39 bits per heavy atom. The molecular weight excluding hydrogens is 226 g/mol. The lowest BCUT2D eigenvalue weighted by atomic mass is 10.0. The Hall–Kier alpha value is -1.55. The summed E-state index contributed by atoms with van der Waals surface area (Å²) in [5.41, 5.74) is 7.08. The summed E-state index contributed by atoms with van der Waals surface area (Å²) >= 11 is 0. The number of amides is 1. The third kappa shape index (κ3) is 3.23. The maximum absolute atomic E-state index is 11.5. The second-order valence-corrected chi connectivity index (χ2v) is 4.82. The molecule has 1 amide bonds. The first-order chi connectivity index (χ1) is 8.42. The number of nitrogens with one attached hydrogen (secondary N) is 1. The molecule has 1 atom stereocenters. The zero-order chi connectivity index (χ0) is 13.8. The number of nitrogens with zero attached hydrogens (tertiary/aromatic N) is 1. The maximum atomic E-state index is 11.5. The van der Waals surface area contributed by atoms with Crippen molar-refractivity contribution in [1.29, 1.82) is 0 Å². The molecule has 1 aromatic rings. The Morgan fingerprint density at radius 2 is 1.94 bits per heavy atom. The fourth-order valence-corrected chi connectivity index (χ4v) is 1.83. The number of carbonyl (C=O) groups excluding carboxylic acids is 1. The predicted molar refractivity (Wildman–Crippen MR) is 75.7 cm³/mol. The van der Waals surface area contributed by atoms with E-state index in [-0.39, 0.29) is 5.91 Å². The number of hydrogen-bond acceptors (Lipinski definition) is 3. The average Bonchev–Trinajstić information content (AvgIpc) is 2.38. The Labute approximate surface area is 109 Å². The van der Waals surface area contributed by atoms with Gasteiger partial charge < -0.3 is 16.0 Å². The van der Waals surface area contributed by atoms with Gasteiger partial charge in [-0.1, -0.05) is 19.1 Å². The second-order valence-electron chi connectivity index (χ2n) is 4.82. The van der Waals surface area contributed by atoms with Gasteiger partial charge in [0.25, 0.3) is 0 Å². The number of anilines is 1. The molecule has 0 saturated carbocycles. The molecule has 1 aromatic carbocycles. The summed E-state index contributed by atoms with van der Waals surface area (Å²) in [5.74, 6) is -0.345. The van der Waals surface area contributed by atoms with Crippen molar-refractivity contribution in [1.82, 2.24) is 5.32 Å². The van der Waals surface area contributed by atoms with E-state index in [1.807, 2.05) is 18.9 Å². The van der Waals surface area contributed by atoms with Crippen molar-refractivity contribution in [3.05, 3.63) is 29.8 Å². The van der Waals surface area contributed by atoms with Crippen molar-refractivity contribution < 1.29 is 4.79 Å². The van der Waals surface area contributed by atoms with Crippen LogP contribution in [0.15, 0.2) is 24.3 Å². The minimum atomic E-state index is -0.724. The summed E-state index contributed by atoms with van der Waals surface area (Å²) in [7, 11) is 3.71. The molecule has 100 valence electrons. The van der Waals surface area contributed by atoms with Crippen molar-refractivity contribution in [3.63, 3.8) is 0 Å². The molecule has 0 bridgehead atoms. The summed E-state index contributed by atoms with van der Waals surface area (Å²) < 4.78 is 0. The molecule has 0 aliphatic heterocycles. The minimum Gasteiger partial charge on any atom is -0.372 e. The number of benzene rings is 1. The first-order valence-corrected chi connectivity index (χ1v) is 6.22. The molecule has 0 radical (unpaired) electrons. The number of carbonyl (C=O) groups is 1. The molecule has 0 saturated heterocycles. The van der Waals surface area contributed by atoms with Crippen molar-refractivity contribution in [2.75, 3.05) is 25.5 Å². The quantitative estimate of drug-likeness (QED) is 0.795. The van der Waals surface area contributed by atoms with E-state index >= 15 is 0 Å². The molecule has 4 heteroatoms. The Morgan fingerprint density at radius 3 is 2.33 bits per heavy atom.